The van der Waals surface area contributed by atoms with Gasteiger partial charge in [-0.05, 0) is 17.5 Å². The Morgan fingerprint density at radius 3 is 1.88 bits per heavy atom. The molecule has 0 heterocycles. The molecule has 0 aromatic heterocycles. The van der Waals surface area contributed by atoms with E-state index in [1.54, 1.807) is 6.92 Å². The number of aliphatic hydroxyl groups is 2. The third-order valence-corrected chi connectivity index (χ3v) is 2.33. The third-order valence-electron chi connectivity index (χ3n) is 2.33. The first-order valence-corrected chi connectivity index (χ1v) is 4.89. The molecule has 0 fully saturated rings. The second-order valence-corrected chi connectivity index (χ2v) is 3.53. The minimum absolute atomic E-state index is 0.223. The maximum atomic E-state index is 12.2. The number of aliphatic hydroxyl groups excluding tert-OH is 2. The van der Waals surface area contributed by atoms with Gasteiger partial charge in [-0.15, -0.1) is 0 Å². The first kappa shape index (κ1) is 13.0. The second-order valence-electron chi connectivity index (χ2n) is 3.53. The zero-order valence-electron chi connectivity index (χ0n) is 8.70. The highest BCUT2D eigenvalue weighted by atomic mass is 19.4. The zero-order valence-corrected chi connectivity index (χ0v) is 8.70. The topological polar surface area (TPSA) is 40.5 Å². The molecule has 2 N–H and O–H groups in total. The van der Waals surface area contributed by atoms with Crippen LogP contribution < -0.4 is 0 Å². The molecule has 1 rings (SSSR count). The second kappa shape index (κ2) is 4.84. The molecule has 0 aliphatic carbocycles. The smallest absolute Gasteiger partial charge is 0.388 e. The maximum absolute atomic E-state index is 12.2. The molecule has 0 saturated carbocycles. The number of rotatable bonds is 3. The molecule has 2 atom stereocenters. The summed E-state index contributed by atoms with van der Waals surface area (Å²) < 4.78 is 36.5. The van der Waals surface area contributed by atoms with Crippen molar-refractivity contribution in [3.05, 3.63) is 35.4 Å². The van der Waals surface area contributed by atoms with Crippen LogP contribution in [0.4, 0.5) is 13.2 Å². The highest BCUT2D eigenvalue weighted by Gasteiger charge is 2.39. The van der Waals surface area contributed by atoms with E-state index in [-0.39, 0.29) is 5.56 Å². The Morgan fingerprint density at radius 1 is 1.06 bits per heavy atom. The van der Waals surface area contributed by atoms with Gasteiger partial charge in [0.2, 0.25) is 0 Å². The van der Waals surface area contributed by atoms with Crippen molar-refractivity contribution in [3.8, 4) is 0 Å². The molecular formula is C11H13F3O2. The van der Waals surface area contributed by atoms with Crippen LogP contribution in [0.5, 0.6) is 0 Å². The largest absolute Gasteiger partial charge is 0.418 e. The summed E-state index contributed by atoms with van der Waals surface area (Å²) in [5.41, 5.74) is 0.320. The van der Waals surface area contributed by atoms with Crippen molar-refractivity contribution in [1.82, 2.24) is 0 Å². The van der Waals surface area contributed by atoms with E-state index >= 15 is 0 Å². The van der Waals surface area contributed by atoms with E-state index < -0.39 is 18.4 Å². The van der Waals surface area contributed by atoms with Crippen molar-refractivity contribution in [2.24, 2.45) is 0 Å². The van der Waals surface area contributed by atoms with Crippen molar-refractivity contribution in [2.75, 3.05) is 0 Å². The molecule has 0 bridgehead atoms. The Kier molecular flexibility index (Phi) is 3.93. The third kappa shape index (κ3) is 2.96. The molecule has 0 aliphatic heterocycles. The van der Waals surface area contributed by atoms with Crippen LogP contribution in [0, 0.1) is 0 Å². The summed E-state index contributed by atoms with van der Waals surface area (Å²) in [5, 5.41) is 18.4. The van der Waals surface area contributed by atoms with Gasteiger partial charge in [-0.1, -0.05) is 31.2 Å². The van der Waals surface area contributed by atoms with E-state index in [4.69, 9.17) is 5.11 Å². The van der Waals surface area contributed by atoms with Gasteiger partial charge >= 0.3 is 6.18 Å². The lowest BCUT2D eigenvalue weighted by atomic mass is 10.0. The van der Waals surface area contributed by atoms with E-state index in [0.717, 1.165) is 0 Å². The fourth-order valence-corrected chi connectivity index (χ4v) is 1.33. The molecule has 0 aliphatic rings. The van der Waals surface area contributed by atoms with Gasteiger partial charge in [0.25, 0.3) is 0 Å². The Bertz CT molecular complexity index is 332. The van der Waals surface area contributed by atoms with Gasteiger partial charge < -0.3 is 10.2 Å². The molecule has 0 spiro atoms. The van der Waals surface area contributed by atoms with Gasteiger partial charge in [0.1, 0.15) is 0 Å². The summed E-state index contributed by atoms with van der Waals surface area (Å²) in [6.45, 7) is 1.77. The molecule has 1 aromatic carbocycles. The summed E-state index contributed by atoms with van der Waals surface area (Å²) in [6, 6.07) is 5.12. The molecule has 5 heteroatoms. The van der Waals surface area contributed by atoms with Crippen LogP contribution in [-0.4, -0.2) is 16.4 Å². The number of hydrogen-bond donors (Lipinski definition) is 2. The Morgan fingerprint density at radius 2 is 1.50 bits per heavy atom. The van der Waals surface area contributed by atoms with Gasteiger partial charge in [0, 0.05) is 0 Å². The predicted octanol–water partition coefficient (Wildman–Crippen LogP) is 2.73. The first-order chi connectivity index (χ1) is 7.36. The summed E-state index contributed by atoms with van der Waals surface area (Å²) >= 11 is 0. The molecule has 0 unspecified atom stereocenters. The van der Waals surface area contributed by atoms with Crippen LogP contribution in [0.1, 0.15) is 36.7 Å². The van der Waals surface area contributed by atoms with Gasteiger partial charge in [0.05, 0.1) is 6.10 Å². The van der Waals surface area contributed by atoms with Crippen molar-refractivity contribution in [2.45, 2.75) is 31.7 Å². The van der Waals surface area contributed by atoms with Gasteiger partial charge in [-0.3, -0.25) is 0 Å². The number of halogens is 3. The molecule has 0 saturated heterocycles. The van der Waals surface area contributed by atoms with E-state index in [0.29, 0.717) is 12.0 Å². The minimum atomic E-state index is -4.66. The van der Waals surface area contributed by atoms with Crippen molar-refractivity contribution in [3.63, 3.8) is 0 Å². The summed E-state index contributed by atoms with van der Waals surface area (Å²) in [4.78, 5) is 0. The van der Waals surface area contributed by atoms with Gasteiger partial charge in [-0.2, -0.15) is 13.2 Å². The lowest BCUT2D eigenvalue weighted by Crippen LogP contribution is -2.20. The van der Waals surface area contributed by atoms with Crippen molar-refractivity contribution in [1.29, 1.82) is 0 Å². The molecule has 0 amide bonds. The summed E-state index contributed by atoms with van der Waals surface area (Å²) in [7, 11) is 0. The normalized spacial score (nSPS) is 15.9. The van der Waals surface area contributed by atoms with Crippen LogP contribution >= 0.6 is 0 Å². The fourth-order valence-electron chi connectivity index (χ4n) is 1.33. The monoisotopic (exact) mass is 234 g/mol. The molecular weight excluding hydrogens is 221 g/mol. The average molecular weight is 234 g/mol. The molecule has 90 valence electrons. The van der Waals surface area contributed by atoms with Crippen LogP contribution in [0.15, 0.2) is 24.3 Å². The van der Waals surface area contributed by atoms with Gasteiger partial charge in [-0.25, -0.2) is 0 Å². The quantitative estimate of drug-likeness (QED) is 0.844. The highest BCUT2D eigenvalue weighted by Crippen LogP contribution is 2.32. The van der Waals surface area contributed by atoms with E-state index in [1.165, 1.54) is 24.3 Å². The van der Waals surface area contributed by atoms with Crippen LogP contribution in [0.25, 0.3) is 0 Å². The average Bonchev–Trinajstić information content (AvgIpc) is 2.26. The molecule has 1 aromatic rings. The maximum Gasteiger partial charge on any atom is 0.418 e. The summed E-state index contributed by atoms with van der Waals surface area (Å²) in [6.07, 6.45) is -7.33. The summed E-state index contributed by atoms with van der Waals surface area (Å²) in [5.74, 6) is 0. The molecule has 0 radical (unpaired) electrons. The Balaban J connectivity index is 2.87. The minimum Gasteiger partial charge on any atom is -0.388 e. The van der Waals surface area contributed by atoms with E-state index in [2.05, 4.69) is 0 Å². The lowest BCUT2D eigenvalue weighted by Gasteiger charge is -2.15. The molecule has 16 heavy (non-hydrogen) atoms. The SMILES string of the molecule is CC[C@@H](O)c1ccc([C@@H](O)C(F)(F)F)cc1. The zero-order chi connectivity index (χ0) is 12.3. The van der Waals surface area contributed by atoms with Gasteiger partial charge in [0.15, 0.2) is 6.10 Å². The lowest BCUT2D eigenvalue weighted by molar-refractivity contribution is -0.206. The first-order valence-electron chi connectivity index (χ1n) is 4.89. The van der Waals surface area contributed by atoms with Crippen LogP contribution in [-0.2, 0) is 0 Å². The number of alkyl halides is 3. The highest BCUT2D eigenvalue weighted by molar-refractivity contribution is 5.26. The van der Waals surface area contributed by atoms with Crippen LogP contribution in [0.3, 0.4) is 0 Å². The van der Waals surface area contributed by atoms with Crippen molar-refractivity contribution >= 4 is 0 Å². The van der Waals surface area contributed by atoms with Crippen molar-refractivity contribution < 1.29 is 23.4 Å². The standard InChI is InChI=1S/C11H13F3O2/c1-2-9(15)7-3-5-8(6-4-7)10(16)11(12,13)14/h3-6,9-10,15-16H,2H2,1H3/t9-,10-/m1/s1. The van der Waals surface area contributed by atoms with Crippen LogP contribution in [0.2, 0.25) is 0 Å². The number of benzene rings is 1. The molecule has 2 nitrogen and oxygen atoms in total. The van der Waals surface area contributed by atoms with E-state index in [9.17, 15) is 18.3 Å². The predicted molar refractivity (Wildman–Crippen MR) is 52.7 cm³/mol. The Hall–Kier alpha value is -1.07. The van der Waals surface area contributed by atoms with E-state index in [1.807, 2.05) is 0 Å². The number of hydrogen-bond acceptors (Lipinski definition) is 2. The Labute approximate surface area is 91.3 Å². The fraction of sp³-hybridized carbons (Fsp3) is 0.455.